The Morgan fingerprint density at radius 3 is 2.55 bits per heavy atom. The number of aliphatic hydroxyl groups excluding tert-OH is 1. The Balaban J connectivity index is 1.57. The van der Waals surface area contributed by atoms with Crippen molar-refractivity contribution in [3.63, 3.8) is 0 Å². The van der Waals surface area contributed by atoms with Crippen molar-refractivity contribution in [3.8, 4) is 0 Å². The van der Waals surface area contributed by atoms with Gasteiger partial charge in [-0.2, -0.15) is 0 Å². The smallest absolute Gasteiger partial charge is 0.0578 e. The van der Waals surface area contributed by atoms with Crippen molar-refractivity contribution >= 4 is 0 Å². The van der Waals surface area contributed by atoms with E-state index in [1.807, 2.05) is 0 Å². The average molecular weight is 395 g/mol. The van der Waals surface area contributed by atoms with E-state index >= 15 is 0 Å². The molecule has 29 heavy (non-hydrogen) atoms. The predicted molar refractivity (Wildman–Crippen MR) is 123 cm³/mol. The van der Waals surface area contributed by atoms with Gasteiger partial charge in [-0.3, -0.25) is 0 Å². The molecular formula is C28H42O. The molecular weight excluding hydrogens is 352 g/mol. The van der Waals surface area contributed by atoms with Crippen LogP contribution < -0.4 is 0 Å². The summed E-state index contributed by atoms with van der Waals surface area (Å²) in [6, 6.07) is 0. The molecule has 1 nitrogen and oxygen atoms in total. The van der Waals surface area contributed by atoms with Crippen LogP contribution in [0.15, 0.2) is 47.6 Å². The Labute approximate surface area is 179 Å². The quantitative estimate of drug-likeness (QED) is 0.498. The summed E-state index contributed by atoms with van der Waals surface area (Å²) < 4.78 is 0. The first-order valence-electron chi connectivity index (χ1n) is 12.1. The fourth-order valence-electron chi connectivity index (χ4n) is 7.49. The summed E-state index contributed by atoms with van der Waals surface area (Å²) in [5.74, 6) is 3.38. The van der Waals surface area contributed by atoms with E-state index in [1.54, 1.807) is 5.57 Å². The van der Waals surface area contributed by atoms with E-state index in [0.717, 1.165) is 31.1 Å². The van der Waals surface area contributed by atoms with Crippen molar-refractivity contribution < 1.29 is 5.11 Å². The van der Waals surface area contributed by atoms with Crippen LogP contribution in [0, 0.1) is 40.4 Å². The first kappa shape index (κ1) is 21.2. The van der Waals surface area contributed by atoms with Crippen LogP contribution in [0.25, 0.3) is 0 Å². The molecule has 0 saturated heterocycles. The molecule has 0 radical (unpaired) electrons. The van der Waals surface area contributed by atoms with Gasteiger partial charge in [0.05, 0.1) is 6.10 Å². The van der Waals surface area contributed by atoms with E-state index in [0.29, 0.717) is 28.6 Å². The van der Waals surface area contributed by atoms with Gasteiger partial charge in [0.2, 0.25) is 0 Å². The van der Waals surface area contributed by atoms with Crippen LogP contribution in [-0.2, 0) is 0 Å². The third-order valence-corrected chi connectivity index (χ3v) is 9.61. The second-order valence-electron chi connectivity index (χ2n) is 11.5. The highest BCUT2D eigenvalue weighted by molar-refractivity contribution is 5.39. The van der Waals surface area contributed by atoms with Crippen molar-refractivity contribution in [2.45, 2.75) is 85.7 Å². The van der Waals surface area contributed by atoms with Crippen LogP contribution >= 0.6 is 0 Å². The lowest BCUT2D eigenvalue weighted by Crippen LogP contribution is -2.46. The summed E-state index contributed by atoms with van der Waals surface area (Å²) in [7, 11) is 0. The molecule has 1 N–H and O–H groups in total. The van der Waals surface area contributed by atoms with E-state index in [-0.39, 0.29) is 6.10 Å². The number of hydrogen-bond donors (Lipinski definition) is 1. The minimum Gasteiger partial charge on any atom is -0.393 e. The lowest BCUT2D eigenvalue weighted by atomic mass is 9.50. The third kappa shape index (κ3) is 3.42. The number of allylic oxidation sites excluding steroid dienone is 6. The molecule has 0 aromatic rings. The fourth-order valence-corrected chi connectivity index (χ4v) is 7.49. The number of rotatable bonds is 4. The molecule has 0 bridgehead atoms. The second kappa shape index (κ2) is 7.56. The molecule has 0 aromatic carbocycles. The van der Waals surface area contributed by atoms with Gasteiger partial charge in [0.1, 0.15) is 0 Å². The number of hydrogen-bond acceptors (Lipinski definition) is 1. The average Bonchev–Trinajstić information content (AvgIpc) is 3.03. The van der Waals surface area contributed by atoms with Crippen molar-refractivity contribution in [1.82, 2.24) is 0 Å². The third-order valence-electron chi connectivity index (χ3n) is 9.61. The minimum atomic E-state index is -0.123. The van der Waals surface area contributed by atoms with Gasteiger partial charge in [0.15, 0.2) is 0 Å². The van der Waals surface area contributed by atoms with Gasteiger partial charge in [-0.1, -0.05) is 82.2 Å². The maximum atomic E-state index is 10.2. The lowest BCUT2D eigenvalue weighted by molar-refractivity contribution is 0.0383. The molecule has 3 fully saturated rings. The normalized spacial score (nSPS) is 42.7. The Hall–Kier alpha value is -1.08. The van der Waals surface area contributed by atoms with Crippen molar-refractivity contribution in [3.05, 3.63) is 47.6 Å². The van der Waals surface area contributed by atoms with Crippen molar-refractivity contribution in [2.75, 3.05) is 0 Å². The molecule has 0 amide bonds. The Kier molecular flexibility index (Phi) is 5.52. The summed E-state index contributed by atoms with van der Waals surface area (Å²) in [4.78, 5) is 0. The van der Waals surface area contributed by atoms with Crippen molar-refractivity contribution in [1.29, 1.82) is 0 Å². The van der Waals surface area contributed by atoms with E-state index in [9.17, 15) is 5.11 Å². The molecule has 4 aliphatic carbocycles. The van der Waals surface area contributed by atoms with Gasteiger partial charge in [-0.25, -0.2) is 0 Å². The van der Waals surface area contributed by atoms with Crippen LogP contribution in [0.1, 0.15) is 79.6 Å². The summed E-state index contributed by atoms with van der Waals surface area (Å²) in [6.45, 7) is 16.2. The fraction of sp³-hybridized carbons (Fsp3) is 0.714. The molecule has 0 heterocycles. The molecule has 4 aliphatic rings. The monoisotopic (exact) mass is 394 g/mol. The number of aliphatic hydroxyl groups is 1. The van der Waals surface area contributed by atoms with Gasteiger partial charge in [0, 0.05) is 0 Å². The molecule has 3 saturated carbocycles. The maximum absolute atomic E-state index is 10.2. The maximum Gasteiger partial charge on any atom is 0.0578 e. The first-order valence-corrected chi connectivity index (χ1v) is 12.1. The van der Waals surface area contributed by atoms with Crippen LogP contribution in [0.3, 0.4) is 0 Å². The highest BCUT2D eigenvalue weighted by Crippen LogP contribution is 2.65. The highest BCUT2D eigenvalue weighted by Gasteiger charge is 2.56. The molecule has 0 spiro atoms. The van der Waals surface area contributed by atoms with Gasteiger partial charge in [-0.05, 0) is 85.4 Å². The summed E-state index contributed by atoms with van der Waals surface area (Å²) in [5.41, 5.74) is 5.25. The van der Waals surface area contributed by atoms with E-state index in [1.165, 1.54) is 36.8 Å². The molecule has 0 aliphatic heterocycles. The van der Waals surface area contributed by atoms with Crippen LogP contribution in [0.4, 0.5) is 0 Å². The second-order valence-corrected chi connectivity index (χ2v) is 11.5. The van der Waals surface area contributed by atoms with Gasteiger partial charge < -0.3 is 5.11 Å². The van der Waals surface area contributed by atoms with Gasteiger partial charge in [0.25, 0.3) is 0 Å². The Morgan fingerprint density at radius 2 is 1.83 bits per heavy atom. The molecule has 0 aromatic heterocycles. The standard InChI is InChI=1S/C28H42O/c1-18(2)19(3)7-8-20(4)24-11-12-25-23-10-9-21-17-22(29)13-15-27(21,5)26(23)14-16-28(24,25)6/h7-10,18,20,22,24-26,29H,3,11-17H2,1-2,4-6H3/t20-,22+,24-,25+,26+,27+,28-/m1/s1. The first-order chi connectivity index (χ1) is 13.7. The van der Waals surface area contributed by atoms with Crippen molar-refractivity contribution in [2.24, 2.45) is 40.4 Å². The summed E-state index contributed by atoms with van der Waals surface area (Å²) in [6.07, 6.45) is 17.9. The van der Waals surface area contributed by atoms with E-state index in [2.05, 4.69) is 65.5 Å². The van der Waals surface area contributed by atoms with Crippen LogP contribution in [0.2, 0.25) is 0 Å². The molecule has 1 heteroatoms. The molecule has 7 atom stereocenters. The largest absolute Gasteiger partial charge is 0.393 e. The molecule has 4 rings (SSSR count). The molecule has 160 valence electrons. The van der Waals surface area contributed by atoms with Gasteiger partial charge >= 0.3 is 0 Å². The SMILES string of the molecule is C=C(C=C[C@@H](C)[C@H]1CC[C@H]2C3=CC=C4C[C@@H](O)CC[C@]4(C)[C@H]3CC[C@]12C)C(C)C. The zero-order chi connectivity index (χ0) is 21.0. The van der Waals surface area contributed by atoms with E-state index in [4.69, 9.17) is 0 Å². The lowest BCUT2D eigenvalue weighted by Gasteiger charge is -2.55. The Morgan fingerprint density at radius 1 is 1.07 bits per heavy atom. The van der Waals surface area contributed by atoms with Crippen LogP contribution in [-0.4, -0.2) is 11.2 Å². The summed E-state index contributed by atoms with van der Waals surface area (Å²) >= 11 is 0. The topological polar surface area (TPSA) is 20.2 Å². The minimum absolute atomic E-state index is 0.123. The number of fused-ring (bicyclic) bond motifs is 5. The Bertz CT molecular complexity index is 752. The van der Waals surface area contributed by atoms with Gasteiger partial charge in [-0.15, -0.1) is 0 Å². The zero-order valence-corrected chi connectivity index (χ0v) is 19.4. The predicted octanol–water partition coefficient (Wildman–Crippen LogP) is 7.25. The van der Waals surface area contributed by atoms with E-state index < -0.39 is 0 Å². The summed E-state index contributed by atoms with van der Waals surface area (Å²) in [5, 5.41) is 10.2. The molecule has 0 unspecified atom stereocenters. The van der Waals surface area contributed by atoms with Crippen LogP contribution in [0.5, 0.6) is 0 Å². The highest BCUT2D eigenvalue weighted by atomic mass is 16.3. The zero-order valence-electron chi connectivity index (χ0n) is 19.4.